The van der Waals surface area contributed by atoms with Crippen molar-refractivity contribution in [1.29, 1.82) is 0 Å². The molecule has 0 radical (unpaired) electrons. The van der Waals surface area contributed by atoms with Gasteiger partial charge in [0.05, 0.1) is 11.3 Å². The summed E-state index contributed by atoms with van der Waals surface area (Å²) in [6, 6.07) is 6.98. The van der Waals surface area contributed by atoms with Crippen molar-refractivity contribution in [3.63, 3.8) is 0 Å². The average Bonchev–Trinajstić information content (AvgIpc) is 2.61. The number of nitrogens with zero attached hydrogens (tertiary/aromatic N) is 1. The lowest BCUT2D eigenvalue weighted by Crippen LogP contribution is -2.03. The largest absolute Gasteiger partial charge is 0.478 e. The van der Waals surface area contributed by atoms with Crippen LogP contribution >= 0.6 is 0 Å². The lowest BCUT2D eigenvalue weighted by molar-refractivity contribution is 0.0696. The molecule has 0 atom stereocenters. The van der Waals surface area contributed by atoms with Gasteiger partial charge in [0, 0.05) is 12.0 Å². The molecular weight excluding hydrogens is 218 g/mol. The van der Waals surface area contributed by atoms with Crippen LogP contribution in [-0.4, -0.2) is 16.2 Å². The maximum absolute atomic E-state index is 11.1. The van der Waals surface area contributed by atoms with Crippen molar-refractivity contribution in [1.82, 2.24) is 5.16 Å². The van der Waals surface area contributed by atoms with Gasteiger partial charge in [-0.05, 0) is 25.5 Å². The van der Waals surface area contributed by atoms with Gasteiger partial charge in [-0.1, -0.05) is 23.4 Å². The molecular formula is C13H13NO3. The maximum atomic E-state index is 11.1. The molecule has 0 aliphatic carbocycles. The van der Waals surface area contributed by atoms with E-state index in [2.05, 4.69) is 5.16 Å². The van der Waals surface area contributed by atoms with Crippen LogP contribution in [0.4, 0.5) is 0 Å². The van der Waals surface area contributed by atoms with Crippen LogP contribution in [0.25, 0.3) is 0 Å². The molecule has 1 N–H and O–H groups in total. The number of aromatic carboxylic acids is 1. The van der Waals surface area contributed by atoms with Crippen molar-refractivity contribution in [2.24, 2.45) is 0 Å². The van der Waals surface area contributed by atoms with Gasteiger partial charge in [0.15, 0.2) is 0 Å². The summed E-state index contributed by atoms with van der Waals surface area (Å²) in [7, 11) is 0. The standard InChI is InChI=1S/C13H13NO3/c1-8-12(9(2)17-14-8)7-10-5-3-4-6-11(10)13(15)16/h3-6H,7H2,1-2H3,(H,15,16). The van der Waals surface area contributed by atoms with Gasteiger partial charge in [-0.15, -0.1) is 0 Å². The van der Waals surface area contributed by atoms with Crippen molar-refractivity contribution in [2.45, 2.75) is 20.3 Å². The Morgan fingerprint density at radius 3 is 2.65 bits per heavy atom. The number of carbonyl (C=O) groups is 1. The molecule has 2 rings (SSSR count). The summed E-state index contributed by atoms with van der Waals surface area (Å²) < 4.78 is 5.07. The second-order valence-corrected chi connectivity index (χ2v) is 3.94. The number of hydrogen-bond donors (Lipinski definition) is 1. The number of hydrogen-bond acceptors (Lipinski definition) is 3. The smallest absolute Gasteiger partial charge is 0.335 e. The molecule has 0 spiro atoms. The van der Waals surface area contributed by atoms with E-state index in [0.29, 0.717) is 12.0 Å². The van der Waals surface area contributed by atoms with Crippen molar-refractivity contribution in [3.05, 3.63) is 52.4 Å². The van der Waals surface area contributed by atoms with Gasteiger partial charge < -0.3 is 9.63 Å². The minimum Gasteiger partial charge on any atom is -0.478 e. The number of rotatable bonds is 3. The molecule has 4 nitrogen and oxygen atoms in total. The van der Waals surface area contributed by atoms with Gasteiger partial charge in [0.25, 0.3) is 0 Å². The van der Waals surface area contributed by atoms with Crippen LogP contribution in [0.3, 0.4) is 0 Å². The predicted octanol–water partition coefficient (Wildman–Crippen LogP) is 2.58. The van der Waals surface area contributed by atoms with Gasteiger partial charge in [-0.3, -0.25) is 0 Å². The van der Waals surface area contributed by atoms with E-state index in [9.17, 15) is 4.79 Å². The number of aryl methyl sites for hydroxylation is 2. The van der Waals surface area contributed by atoms with Gasteiger partial charge >= 0.3 is 5.97 Å². The molecule has 1 aromatic heterocycles. The summed E-state index contributed by atoms with van der Waals surface area (Å²) in [5.74, 6) is -0.171. The van der Waals surface area contributed by atoms with Crippen molar-refractivity contribution in [2.75, 3.05) is 0 Å². The van der Waals surface area contributed by atoms with Gasteiger partial charge in [0.2, 0.25) is 0 Å². The second-order valence-electron chi connectivity index (χ2n) is 3.94. The summed E-state index contributed by atoms with van der Waals surface area (Å²) in [6.07, 6.45) is 0.531. The van der Waals surface area contributed by atoms with Crippen LogP contribution < -0.4 is 0 Å². The Balaban J connectivity index is 2.40. The first-order valence-corrected chi connectivity index (χ1v) is 5.32. The molecule has 0 aliphatic heterocycles. The Kier molecular flexibility index (Phi) is 2.95. The van der Waals surface area contributed by atoms with E-state index < -0.39 is 5.97 Å². The molecule has 4 heteroatoms. The number of carboxylic acids is 1. The maximum Gasteiger partial charge on any atom is 0.335 e. The minimum atomic E-state index is -0.910. The van der Waals surface area contributed by atoms with Gasteiger partial charge in [-0.2, -0.15) is 0 Å². The van der Waals surface area contributed by atoms with Gasteiger partial charge in [-0.25, -0.2) is 4.79 Å². The van der Waals surface area contributed by atoms with Crippen LogP contribution in [0.15, 0.2) is 28.8 Å². The van der Waals surface area contributed by atoms with Gasteiger partial charge in [0.1, 0.15) is 5.76 Å². The Morgan fingerprint density at radius 1 is 1.35 bits per heavy atom. The van der Waals surface area contributed by atoms with Crippen LogP contribution in [0.2, 0.25) is 0 Å². The molecule has 0 unspecified atom stereocenters. The van der Waals surface area contributed by atoms with Crippen molar-refractivity contribution >= 4 is 5.97 Å². The highest BCUT2D eigenvalue weighted by atomic mass is 16.5. The van der Waals surface area contributed by atoms with E-state index in [4.69, 9.17) is 9.63 Å². The summed E-state index contributed by atoms with van der Waals surface area (Å²) in [5, 5.41) is 13.0. The molecule has 0 aliphatic rings. The first-order chi connectivity index (χ1) is 8.09. The van der Waals surface area contributed by atoms with Crippen LogP contribution in [0, 0.1) is 13.8 Å². The molecule has 0 amide bonds. The topological polar surface area (TPSA) is 63.3 Å². The fourth-order valence-corrected chi connectivity index (χ4v) is 1.83. The fourth-order valence-electron chi connectivity index (χ4n) is 1.83. The molecule has 0 fully saturated rings. The molecule has 0 bridgehead atoms. The Labute approximate surface area is 98.9 Å². The molecule has 17 heavy (non-hydrogen) atoms. The lowest BCUT2D eigenvalue weighted by atomic mass is 9.99. The molecule has 0 saturated heterocycles. The highest BCUT2D eigenvalue weighted by molar-refractivity contribution is 5.89. The highest BCUT2D eigenvalue weighted by Crippen LogP contribution is 2.19. The number of aromatic nitrogens is 1. The van der Waals surface area contributed by atoms with Crippen molar-refractivity contribution in [3.8, 4) is 0 Å². The molecule has 2 aromatic rings. The zero-order valence-corrected chi connectivity index (χ0v) is 9.73. The minimum absolute atomic E-state index is 0.326. The molecule has 88 valence electrons. The first-order valence-electron chi connectivity index (χ1n) is 5.32. The Hall–Kier alpha value is -2.10. The van der Waals surface area contributed by atoms with Crippen LogP contribution in [0.1, 0.15) is 32.9 Å². The average molecular weight is 231 g/mol. The monoisotopic (exact) mass is 231 g/mol. The van der Waals surface area contributed by atoms with E-state index in [1.54, 1.807) is 12.1 Å². The van der Waals surface area contributed by atoms with E-state index in [1.807, 2.05) is 26.0 Å². The second kappa shape index (κ2) is 4.41. The molecule has 0 saturated carbocycles. The highest BCUT2D eigenvalue weighted by Gasteiger charge is 2.14. The lowest BCUT2D eigenvalue weighted by Gasteiger charge is -2.05. The van der Waals surface area contributed by atoms with Crippen molar-refractivity contribution < 1.29 is 14.4 Å². The van der Waals surface area contributed by atoms with E-state index in [0.717, 1.165) is 22.6 Å². The summed E-state index contributed by atoms with van der Waals surface area (Å²) >= 11 is 0. The SMILES string of the molecule is Cc1noc(C)c1Cc1ccccc1C(=O)O. The number of carboxylic acid groups (broad SMARTS) is 1. The normalized spacial score (nSPS) is 10.5. The first kappa shape index (κ1) is 11.4. The quantitative estimate of drug-likeness (QED) is 0.881. The van der Waals surface area contributed by atoms with E-state index in [-0.39, 0.29) is 0 Å². The third kappa shape index (κ3) is 2.20. The zero-order valence-electron chi connectivity index (χ0n) is 9.73. The molecule has 1 heterocycles. The third-order valence-corrected chi connectivity index (χ3v) is 2.80. The third-order valence-electron chi connectivity index (χ3n) is 2.80. The van der Waals surface area contributed by atoms with Crippen LogP contribution in [0.5, 0.6) is 0 Å². The van der Waals surface area contributed by atoms with E-state index in [1.165, 1.54) is 0 Å². The Morgan fingerprint density at radius 2 is 2.06 bits per heavy atom. The summed E-state index contributed by atoms with van der Waals surface area (Å²) in [4.78, 5) is 11.1. The Bertz CT molecular complexity index is 538. The predicted molar refractivity (Wildman–Crippen MR) is 62.2 cm³/mol. The van der Waals surface area contributed by atoms with Crippen LogP contribution in [-0.2, 0) is 6.42 Å². The fraction of sp³-hybridized carbons (Fsp3) is 0.231. The number of benzene rings is 1. The zero-order chi connectivity index (χ0) is 12.4. The summed E-state index contributed by atoms with van der Waals surface area (Å²) in [5.41, 5.74) is 2.86. The summed E-state index contributed by atoms with van der Waals surface area (Å²) in [6.45, 7) is 3.69. The molecule has 1 aromatic carbocycles. The van der Waals surface area contributed by atoms with E-state index >= 15 is 0 Å².